The van der Waals surface area contributed by atoms with E-state index in [1.54, 1.807) is 48.5 Å². The van der Waals surface area contributed by atoms with Crippen molar-refractivity contribution in [2.45, 2.75) is 43.5 Å². The average Bonchev–Trinajstić information content (AvgIpc) is 2.80. The zero-order valence-electron chi connectivity index (χ0n) is 20.1. The van der Waals surface area contributed by atoms with Gasteiger partial charge in [0.15, 0.2) is 0 Å². The number of carboxylic acid groups (broad SMARTS) is 1. The molecule has 1 atom stereocenters. The molecule has 3 rings (SSSR count). The van der Waals surface area contributed by atoms with Crippen LogP contribution in [0, 0.1) is 0 Å². The summed E-state index contributed by atoms with van der Waals surface area (Å²) in [6, 6.07) is 17.5. The van der Waals surface area contributed by atoms with Gasteiger partial charge >= 0.3 is 12.0 Å². The number of nitrogens with one attached hydrogen (secondary N) is 3. The molecule has 8 nitrogen and oxygen atoms in total. The van der Waals surface area contributed by atoms with Gasteiger partial charge in [-0.3, -0.25) is 4.72 Å². The summed E-state index contributed by atoms with van der Waals surface area (Å²) in [5.41, 5.74) is 2.31. The fourth-order valence-electron chi connectivity index (χ4n) is 3.35. The van der Waals surface area contributed by atoms with Gasteiger partial charge in [-0.1, -0.05) is 56.6 Å². The molecule has 190 valence electrons. The van der Waals surface area contributed by atoms with Crippen molar-refractivity contribution in [2.24, 2.45) is 0 Å². The summed E-state index contributed by atoms with van der Waals surface area (Å²) in [5.74, 6) is -1.18. The average molecular weight is 530 g/mol. The molecule has 0 spiro atoms. The Labute approximate surface area is 215 Å². The van der Waals surface area contributed by atoms with E-state index in [0.717, 1.165) is 5.56 Å². The molecule has 0 bridgehead atoms. The molecule has 0 saturated carbocycles. The Morgan fingerprint density at radius 2 is 1.44 bits per heavy atom. The van der Waals surface area contributed by atoms with E-state index in [-0.39, 0.29) is 16.7 Å². The third-order valence-corrected chi connectivity index (χ3v) is 7.03. The lowest BCUT2D eigenvalue weighted by molar-refractivity contribution is -0.139. The highest BCUT2D eigenvalue weighted by Crippen LogP contribution is 2.24. The number of urea groups is 1. The van der Waals surface area contributed by atoms with Gasteiger partial charge in [0, 0.05) is 22.8 Å². The van der Waals surface area contributed by atoms with Crippen LogP contribution in [0.2, 0.25) is 5.02 Å². The van der Waals surface area contributed by atoms with E-state index in [1.807, 2.05) is 20.8 Å². The van der Waals surface area contributed by atoms with Gasteiger partial charge in [-0.15, -0.1) is 0 Å². The molecule has 36 heavy (non-hydrogen) atoms. The van der Waals surface area contributed by atoms with Crippen LogP contribution in [-0.4, -0.2) is 31.6 Å². The maximum atomic E-state index is 12.7. The van der Waals surface area contributed by atoms with Crippen LogP contribution in [0.3, 0.4) is 0 Å². The van der Waals surface area contributed by atoms with Crippen LogP contribution in [-0.2, 0) is 26.7 Å². The number of carboxylic acids is 1. The molecule has 0 aromatic heterocycles. The maximum absolute atomic E-state index is 12.7. The predicted octanol–water partition coefficient (Wildman–Crippen LogP) is 5.26. The Balaban J connectivity index is 1.60. The lowest BCUT2D eigenvalue weighted by Gasteiger charge is -2.19. The van der Waals surface area contributed by atoms with Gasteiger partial charge in [-0.2, -0.15) is 0 Å². The quantitative estimate of drug-likeness (QED) is 0.317. The van der Waals surface area contributed by atoms with E-state index in [0.29, 0.717) is 22.0 Å². The van der Waals surface area contributed by atoms with Crippen LogP contribution in [0.15, 0.2) is 77.7 Å². The first-order chi connectivity index (χ1) is 16.8. The molecule has 3 aromatic carbocycles. The number of sulfonamides is 1. The fourth-order valence-corrected chi connectivity index (χ4v) is 4.54. The first kappa shape index (κ1) is 27.0. The van der Waals surface area contributed by atoms with Crippen molar-refractivity contribution in [3.63, 3.8) is 0 Å². The second-order valence-corrected chi connectivity index (χ2v) is 11.4. The Morgan fingerprint density at radius 1 is 0.889 bits per heavy atom. The molecular weight excluding hydrogens is 502 g/mol. The normalized spacial score (nSPS) is 12.4. The SMILES string of the molecule is CC(C)(C)c1ccc(S(=O)(=O)Nc2ccc(NC(=O)NC(Cc3ccc(Cl)cc3)C(=O)O)cc2)cc1. The second-order valence-electron chi connectivity index (χ2n) is 9.28. The van der Waals surface area contributed by atoms with Crippen LogP contribution in [0.5, 0.6) is 0 Å². The van der Waals surface area contributed by atoms with Gasteiger partial charge in [-0.25, -0.2) is 18.0 Å². The predicted molar refractivity (Wildman–Crippen MR) is 141 cm³/mol. The molecule has 0 radical (unpaired) electrons. The molecule has 0 fully saturated rings. The summed E-state index contributed by atoms with van der Waals surface area (Å²) in [6.45, 7) is 6.14. The third kappa shape index (κ3) is 7.47. The molecule has 0 saturated heterocycles. The Morgan fingerprint density at radius 3 is 1.97 bits per heavy atom. The lowest BCUT2D eigenvalue weighted by Crippen LogP contribution is -2.44. The number of amides is 2. The Kier molecular flexibility index (Phi) is 8.27. The van der Waals surface area contributed by atoms with Crippen LogP contribution >= 0.6 is 11.6 Å². The number of carbonyl (C=O) groups excluding carboxylic acids is 1. The molecule has 0 aliphatic rings. The van der Waals surface area contributed by atoms with Crippen molar-refractivity contribution in [1.29, 1.82) is 0 Å². The van der Waals surface area contributed by atoms with Crippen molar-refractivity contribution in [2.75, 3.05) is 10.0 Å². The van der Waals surface area contributed by atoms with Crippen molar-refractivity contribution >= 4 is 45.0 Å². The minimum Gasteiger partial charge on any atom is -0.480 e. The molecule has 1 unspecified atom stereocenters. The van der Waals surface area contributed by atoms with E-state index < -0.39 is 28.1 Å². The number of benzene rings is 3. The largest absolute Gasteiger partial charge is 0.480 e. The minimum absolute atomic E-state index is 0.0807. The molecule has 4 N–H and O–H groups in total. The standard InChI is InChI=1S/C26H28ClN3O5S/c1-26(2,3)18-6-14-22(15-7-18)36(34,35)30-21-12-10-20(11-13-21)28-25(33)29-23(24(31)32)16-17-4-8-19(27)9-5-17/h4-15,23,30H,16H2,1-3H3,(H,31,32)(H2,28,29,33). The number of anilines is 2. The van der Waals surface area contributed by atoms with E-state index >= 15 is 0 Å². The van der Waals surface area contributed by atoms with E-state index in [2.05, 4.69) is 15.4 Å². The first-order valence-corrected chi connectivity index (χ1v) is 13.0. The summed E-state index contributed by atoms with van der Waals surface area (Å²) in [7, 11) is -3.79. The van der Waals surface area contributed by atoms with Gasteiger partial charge in [0.1, 0.15) is 6.04 Å². The van der Waals surface area contributed by atoms with Crippen LogP contribution in [0.4, 0.5) is 16.2 Å². The number of halogens is 1. The minimum atomic E-state index is -3.79. The molecule has 0 heterocycles. The van der Waals surface area contributed by atoms with Crippen molar-refractivity contribution in [3.05, 3.63) is 88.9 Å². The highest BCUT2D eigenvalue weighted by molar-refractivity contribution is 7.92. The number of hydrogen-bond acceptors (Lipinski definition) is 4. The van der Waals surface area contributed by atoms with E-state index in [4.69, 9.17) is 11.6 Å². The molecule has 3 aromatic rings. The Hall–Kier alpha value is -3.56. The van der Waals surface area contributed by atoms with Crippen molar-refractivity contribution in [1.82, 2.24) is 5.32 Å². The summed E-state index contributed by atoms with van der Waals surface area (Å²) >= 11 is 5.85. The number of hydrogen-bond donors (Lipinski definition) is 4. The Bertz CT molecular complexity index is 1320. The molecule has 10 heteroatoms. The van der Waals surface area contributed by atoms with Gasteiger partial charge in [-0.05, 0) is 65.1 Å². The summed E-state index contributed by atoms with van der Waals surface area (Å²) in [4.78, 5) is 24.1. The lowest BCUT2D eigenvalue weighted by atomic mass is 9.87. The van der Waals surface area contributed by atoms with E-state index in [1.165, 1.54) is 24.3 Å². The van der Waals surface area contributed by atoms with Crippen LogP contribution in [0.25, 0.3) is 0 Å². The van der Waals surface area contributed by atoms with E-state index in [9.17, 15) is 23.1 Å². The number of carbonyl (C=O) groups is 2. The second kappa shape index (κ2) is 11.0. The van der Waals surface area contributed by atoms with Gasteiger partial charge < -0.3 is 15.7 Å². The molecule has 2 amide bonds. The topological polar surface area (TPSA) is 125 Å². The van der Waals surface area contributed by atoms with Crippen molar-refractivity contribution in [3.8, 4) is 0 Å². The summed E-state index contributed by atoms with van der Waals surface area (Å²) in [6.07, 6.45) is 0.0807. The monoisotopic (exact) mass is 529 g/mol. The van der Waals surface area contributed by atoms with Crippen molar-refractivity contribution < 1.29 is 23.1 Å². The zero-order chi connectivity index (χ0) is 26.5. The number of aliphatic carboxylic acids is 1. The fraction of sp³-hybridized carbons (Fsp3) is 0.231. The molecule has 0 aliphatic heterocycles. The molecular formula is C26H28ClN3O5S. The highest BCUT2D eigenvalue weighted by Gasteiger charge is 2.21. The van der Waals surface area contributed by atoms with Crippen LogP contribution in [0.1, 0.15) is 31.9 Å². The highest BCUT2D eigenvalue weighted by atomic mass is 35.5. The van der Waals surface area contributed by atoms with Gasteiger partial charge in [0.2, 0.25) is 0 Å². The summed E-state index contributed by atoms with van der Waals surface area (Å²) < 4.78 is 28.0. The van der Waals surface area contributed by atoms with Gasteiger partial charge in [0.05, 0.1) is 4.90 Å². The first-order valence-electron chi connectivity index (χ1n) is 11.1. The zero-order valence-corrected chi connectivity index (χ0v) is 21.7. The maximum Gasteiger partial charge on any atom is 0.326 e. The smallest absolute Gasteiger partial charge is 0.326 e. The van der Waals surface area contributed by atoms with Gasteiger partial charge in [0.25, 0.3) is 10.0 Å². The summed E-state index contributed by atoms with van der Waals surface area (Å²) in [5, 5.41) is 15.0. The molecule has 0 aliphatic carbocycles. The van der Waals surface area contributed by atoms with Crippen LogP contribution < -0.4 is 15.4 Å². The number of rotatable bonds is 8. The third-order valence-electron chi connectivity index (χ3n) is 5.38.